The van der Waals surface area contributed by atoms with Crippen molar-refractivity contribution < 1.29 is 27.9 Å². The van der Waals surface area contributed by atoms with E-state index in [9.17, 15) is 18.0 Å². The van der Waals surface area contributed by atoms with Gasteiger partial charge in [-0.25, -0.2) is 4.79 Å². The average Bonchev–Trinajstić information content (AvgIpc) is 3.25. The standard InChI is InChI=1S/C21H34N4O.C2HF3O2/c1-2-3-4-5-6-7-9-17-11-13-18(14-12-17)16-24-20(26)19-10-8-15-25(19)21(22)23;3-2(4,5)1(6)7/h11-14,19H,2-10,15-16H2,1H3,(H3,22,23)(H,24,26);(H,6,7)/t19-;/m0./s1. The molecule has 0 saturated carbocycles. The van der Waals surface area contributed by atoms with Crippen molar-refractivity contribution in [2.24, 2.45) is 5.73 Å². The number of carbonyl (C=O) groups is 2. The van der Waals surface area contributed by atoms with Crippen molar-refractivity contribution in [1.29, 1.82) is 5.41 Å². The Morgan fingerprint density at radius 1 is 1.12 bits per heavy atom. The summed E-state index contributed by atoms with van der Waals surface area (Å²) in [5.74, 6) is -2.80. The number of nitrogens with two attached hydrogens (primary N) is 1. The second-order valence-corrected chi connectivity index (χ2v) is 8.09. The maximum Gasteiger partial charge on any atom is 0.490 e. The number of rotatable bonds is 10. The van der Waals surface area contributed by atoms with Crippen LogP contribution in [0.3, 0.4) is 0 Å². The van der Waals surface area contributed by atoms with Crippen LogP contribution in [0.15, 0.2) is 24.3 Å². The number of aliphatic carboxylic acids is 1. The Bertz CT molecular complexity index is 754. The van der Waals surface area contributed by atoms with Crippen molar-refractivity contribution in [3.63, 3.8) is 0 Å². The van der Waals surface area contributed by atoms with Crippen molar-refractivity contribution in [3.05, 3.63) is 35.4 Å². The predicted molar refractivity (Wildman–Crippen MR) is 121 cm³/mol. The summed E-state index contributed by atoms with van der Waals surface area (Å²) in [6.07, 6.45) is 5.64. The van der Waals surface area contributed by atoms with Crippen LogP contribution in [0.2, 0.25) is 0 Å². The van der Waals surface area contributed by atoms with Crippen LogP contribution in [-0.2, 0) is 22.6 Å². The fourth-order valence-electron chi connectivity index (χ4n) is 3.57. The predicted octanol–water partition coefficient (Wildman–Crippen LogP) is 4.20. The van der Waals surface area contributed by atoms with Crippen LogP contribution in [0, 0.1) is 5.41 Å². The number of halogens is 3. The molecule has 1 heterocycles. The molecule has 0 radical (unpaired) electrons. The maximum absolute atomic E-state index is 12.3. The van der Waals surface area contributed by atoms with Gasteiger partial charge in [-0.3, -0.25) is 10.2 Å². The first kappa shape index (κ1) is 28.3. The average molecular weight is 473 g/mol. The van der Waals surface area contributed by atoms with Crippen LogP contribution in [0.5, 0.6) is 0 Å². The number of hydrogen-bond acceptors (Lipinski definition) is 3. The number of likely N-dealkylation sites (tertiary alicyclic amines) is 1. The first-order chi connectivity index (χ1) is 15.6. The topological polar surface area (TPSA) is 120 Å². The van der Waals surface area contributed by atoms with Gasteiger partial charge in [0.2, 0.25) is 5.91 Å². The zero-order valence-corrected chi connectivity index (χ0v) is 19.1. The summed E-state index contributed by atoms with van der Waals surface area (Å²) in [5.41, 5.74) is 8.03. The van der Waals surface area contributed by atoms with Gasteiger partial charge >= 0.3 is 12.1 Å². The molecule has 1 amide bonds. The Morgan fingerprint density at radius 3 is 2.21 bits per heavy atom. The summed E-state index contributed by atoms with van der Waals surface area (Å²) in [7, 11) is 0. The van der Waals surface area contributed by atoms with Crippen LogP contribution in [0.25, 0.3) is 0 Å². The number of benzene rings is 1. The Balaban J connectivity index is 0.000000675. The van der Waals surface area contributed by atoms with Crippen LogP contribution in [-0.4, -0.2) is 46.6 Å². The van der Waals surface area contributed by atoms with Crippen LogP contribution in [0.4, 0.5) is 13.2 Å². The second-order valence-electron chi connectivity index (χ2n) is 8.09. The SMILES string of the molecule is CCCCCCCCc1ccc(CNC(=O)[C@@H]2CCCN2C(=N)N)cc1.O=C(O)C(F)(F)F. The van der Waals surface area contributed by atoms with Gasteiger partial charge in [-0.1, -0.05) is 63.3 Å². The lowest BCUT2D eigenvalue weighted by Gasteiger charge is -2.23. The molecular formula is C23H35F3N4O3. The van der Waals surface area contributed by atoms with Crippen LogP contribution < -0.4 is 11.1 Å². The zero-order chi connectivity index (χ0) is 24.9. The molecule has 33 heavy (non-hydrogen) atoms. The number of nitrogens with one attached hydrogen (secondary N) is 2. The molecule has 1 saturated heterocycles. The molecule has 0 aromatic heterocycles. The molecule has 0 bridgehead atoms. The summed E-state index contributed by atoms with van der Waals surface area (Å²) in [6, 6.07) is 8.25. The van der Waals surface area contributed by atoms with Gasteiger partial charge in [-0.2, -0.15) is 13.2 Å². The van der Waals surface area contributed by atoms with Gasteiger partial charge in [0.05, 0.1) is 0 Å². The Kier molecular flexibility index (Phi) is 12.3. The Labute approximate surface area is 193 Å². The van der Waals surface area contributed by atoms with Crippen molar-refractivity contribution >= 4 is 17.8 Å². The minimum Gasteiger partial charge on any atom is -0.475 e. The van der Waals surface area contributed by atoms with E-state index in [0.29, 0.717) is 13.1 Å². The number of hydrogen-bond donors (Lipinski definition) is 4. The van der Waals surface area contributed by atoms with Crippen LogP contribution >= 0.6 is 0 Å². The largest absolute Gasteiger partial charge is 0.490 e. The minimum absolute atomic E-state index is 0.0123. The van der Waals surface area contributed by atoms with Gasteiger partial charge < -0.3 is 21.1 Å². The first-order valence-electron chi connectivity index (χ1n) is 11.3. The third kappa shape index (κ3) is 11.1. The van der Waals surface area contributed by atoms with Crippen molar-refractivity contribution in [2.75, 3.05) is 6.54 Å². The lowest BCUT2D eigenvalue weighted by Crippen LogP contribution is -2.48. The number of alkyl halides is 3. The molecular weight excluding hydrogens is 437 g/mol. The van der Waals surface area contributed by atoms with E-state index in [0.717, 1.165) is 24.8 Å². The summed E-state index contributed by atoms with van der Waals surface area (Å²) in [4.78, 5) is 22.9. The fraction of sp³-hybridized carbons (Fsp3) is 0.609. The molecule has 7 nitrogen and oxygen atoms in total. The molecule has 10 heteroatoms. The minimum atomic E-state index is -5.08. The summed E-state index contributed by atoms with van der Waals surface area (Å²) < 4.78 is 31.7. The summed E-state index contributed by atoms with van der Waals surface area (Å²) in [5, 5.41) is 17.7. The van der Waals surface area contributed by atoms with Gasteiger partial charge in [0, 0.05) is 13.1 Å². The Hall–Kier alpha value is -2.78. The highest BCUT2D eigenvalue weighted by Crippen LogP contribution is 2.17. The number of aryl methyl sites for hydroxylation is 1. The number of carbonyl (C=O) groups excluding carboxylic acids is 1. The summed E-state index contributed by atoms with van der Waals surface area (Å²) >= 11 is 0. The third-order valence-corrected chi connectivity index (χ3v) is 5.42. The molecule has 1 atom stereocenters. The molecule has 1 aromatic rings. The van der Waals surface area contributed by atoms with E-state index in [4.69, 9.17) is 21.0 Å². The molecule has 1 fully saturated rings. The number of carboxylic acids is 1. The van der Waals surface area contributed by atoms with E-state index in [1.165, 1.54) is 44.1 Å². The highest BCUT2D eigenvalue weighted by Gasteiger charge is 2.38. The van der Waals surface area contributed by atoms with Crippen molar-refractivity contribution in [3.8, 4) is 0 Å². The molecule has 5 N–H and O–H groups in total. The number of nitrogens with zero attached hydrogens (tertiary/aromatic N) is 1. The van der Waals surface area contributed by atoms with Crippen molar-refractivity contribution in [2.45, 2.75) is 83.5 Å². The molecule has 0 unspecified atom stereocenters. The zero-order valence-electron chi connectivity index (χ0n) is 19.1. The highest BCUT2D eigenvalue weighted by atomic mass is 19.4. The molecule has 0 spiro atoms. The second kappa shape index (κ2) is 14.4. The smallest absolute Gasteiger partial charge is 0.475 e. The van der Waals surface area contributed by atoms with Crippen LogP contribution in [0.1, 0.15) is 69.4 Å². The normalized spacial score (nSPS) is 15.5. The van der Waals surface area contributed by atoms with Gasteiger partial charge in [0.15, 0.2) is 5.96 Å². The molecule has 186 valence electrons. The number of guanidine groups is 1. The van der Waals surface area contributed by atoms with Gasteiger partial charge in [-0.05, 0) is 36.8 Å². The van der Waals surface area contributed by atoms with E-state index >= 15 is 0 Å². The summed E-state index contributed by atoms with van der Waals surface area (Å²) in [6.45, 7) is 3.47. The van der Waals surface area contributed by atoms with Gasteiger partial charge in [0.1, 0.15) is 6.04 Å². The van der Waals surface area contributed by atoms with Crippen molar-refractivity contribution in [1.82, 2.24) is 10.2 Å². The number of unbranched alkanes of at least 4 members (excludes halogenated alkanes) is 5. The molecule has 0 aliphatic carbocycles. The first-order valence-corrected chi connectivity index (χ1v) is 11.3. The van der Waals surface area contributed by atoms with E-state index < -0.39 is 12.1 Å². The van der Waals surface area contributed by atoms with E-state index in [-0.39, 0.29) is 17.9 Å². The third-order valence-electron chi connectivity index (χ3n) is 5.42. The van der Waals surface area contributed by atoms with Gasteiger partial charge in [-0.15, -0.1) is 0 Å². The maximum atomic E-state index is 12.3. The lowest BCUT2D eigenvalue weighted by molar-refractivity contribution is -0.192. The van der Waals surface area contributed by atoms with Gasteiger partial charge in [0.25, 0.3) is 0 Å². The quantitative estimate of drug-likeness (QED) is 0.231. The molecule has 1 aliphatic heterocycles. The number of carboxylic acid groups (broad SMARTS) is 1. The highest BCUT2D eigenvalue weighted by molar-refractivity contribution is 5.87. The number of amides is 1. The monoisotopic (exact) mass is 472 g/mol. The van der Waals surface area contributed by atoms with E-state index in [1.807, 2.05) is 0 Å². The molecule has 1 aromatic carbocycles. The van der Waals surface area contributed by atoms with E-state index in [2.05, 4.69) is 36.5 Å². The lowest BCUT2D eigenvalue weighted by atomic mass is 10.0. The molecule has 2 rings (SSSR count). The van der Waals surface area contributed by atoms with E-state index in [1.54, 1.807) is 4.90 Å². The Morgan fingerprint density at radius 2 is 1.67 bits per heavy atom. The molecule has 1 aliphatic rings. The fourth-order valence-corrected chi connectivity index (χ4v) is 3.57.